The minimum atomic E-state index is -3.94. The number of aliphatic hydroxyl groups excluding tert-OH is 1. The Morgan fingerprint density at radius 1 is 0.608 bits per heavy atom. The summed E-state index contributed by atoms with van der Waals surface area (Å²) in [6, 6.07) is 42.1. The Bertz CT molecular complexity index is 3540. The first kappa shape index (κ1) is 61.7. The van der Waals surface area contributed by atoms with Gasteiger partial charge >= 0.3 is 10.1 Å². The van der Waals surface area contributed by atoms with Crippen LogP contribution in [0.2, 0.25) is 0 Å². The molecule has 0 saturated carbocycles. The Balaban J connectivity index is 0.000000201. The van der Waals surface area contributed by atoms with Crippen LogP contribution in [0, 0.1) is 13.8 Å². The lowest BCUT2D eigenvalue weighted by Gasteiger charge is -2.07. The Morgan fingerprint density at radius 3 is 1.44 bits per heavy atom. The van der Waals surface area contributed by atoms with Crippen molar-refractivity contribution in [1.82, 2.24) is 30.3 Å². The van der Waals surface area contributed by atoms with Crippen molar-refractivity contribution in [1.29, 1.82) is 0 Å². The lowest BCUT2D eigenvalue weighted by molar-refractivity contribution is 0.317. The highest BCUT2D eigenvalue weighted by Gasteiger charge is 2.19. The molecule has 3 aromatic heterocycles. The average Bonchev–Trinajstić information content (AvgIpc) is 4.30. The van der Waals surface area contributed by atoms with Crippen LogP contribution in [0.5, 0.6) is 17.2 Å². The summed E-state index contributed by atoms with van der Waals surface area (Å²) in [5.74, 6) is 2.44. The van der Waals surface area contributed by atoms with Gasteiger partial charge in [0.1, 0.15) is 22.1 Å². The number of nitrogens with one attached hydrogen (secondary N) is 2. The maximum absolute atomic E-state index is 12.2. The molecule has 79 heavy (non-hydrogen) atoms. The fraction of sp³-hybridized carbons (Fsp3) is 0.263. The summed E-state index contributed by atoms with van der Waals surface area (Å²) >= 11 is 0. The first-order chi connectivity index (χ1) is 37.9. The standard InChI is InChI=1S/C21H23N3O4S.C14H17N3O2.C14H15N3O.C7H7ClO2S.CH4O/c1-4-27-21-8-6-5-7-19(21)20-14-17(22-23-20)13-16(3)24-28-29(25,26)18-11-9-15(2)10-12-18;1-3-19-14-7-5-4-6-12(14)13-9-11(15-16-13)8-10(2)17-18;1-3-18-14-7-5-4-6-12(14)13-9-11-8-10(2)15-17(11)16-13;1-6-2-4-7(5-3-6)11(8,9)10;1-2/h5-12,14H,4,13H2,1-3H3,(H,22,23);4-7,9,18H,3,8H2,1-2H3,(H,15,16);4-7,9H,3,8H2,1-2H3;2-5H,1H3;2H,1H3. The van der Waals surface area contributed by atoms with E-state index in [0.717, 1.165) is 98.5 Å². The van der Waals surface area contributed by atoms with Gasteiger partial charge in [-0.15, -0.1) is 0 Å². The number of aryl methyl sites for hydroxylation is 2. The number of fused-ring (bicyclic) bond motifs is 1. The number of hydrogen-bond donors (Lipinski definition) is 4. The van der Waals surface area contributed by atoms with Crippen molar-refractivity contribution in [3.8, 4) is 51.0 Å². The smallest absolute Gasteiger partial charge is 0.358 e. The summed E-state index contributed by atoms with van der Waals surface area (Å²) in [6.07, 6.45) is 1.79. The molecule has 22 heteroatoms. The molecule has 19 nitrogen and oxygen atoms in total. The molecular weight excluding hydrogens is 1070 g/mol. The highest BCUT2D eigenvalue weighted by molar-refractivity contribution is 8.13. The predicted molar refractivity (Wildman–Crippen MR) is 309 cm³/mol. The number of nitrogens with zero attached hydrogens (tertiary/aromatic N) is 7. The van der Waals surface area contributed by atoms with Gasteiger partial charge in [-0.2, -0.15) is 33.6 Å². The molecule has 0 fully saturated rings. The van der Waals surface area contributed by atoms with Gasteiger partial charge in [-0.25, -0.2) is 8.42 Å². The van der Waals surface area contributed by atoms with Crippen molar-refractivity contribution in [3.05, 3.63) is 168 Å². The number of hydrogen-bond acceptors (Lipinski definition) is 16. The molecule has 0 spiro atoms. The van der Waals surface area contributed by atoms with Crippen molar-refractivity contribution in [2.45, 2.75) is 84.4 Å². The fourth-order valence-corrected chi connectivity index (χ4v) is 9.00. The molecule has 0 aliphatic carbocycles. The molecule has 0 amide bonds. The van der Waals surface area contributed by atoms with E-state index in [1.807, 2.05) is 126 Å². The number of H-pyrrole nitrogens is 2. The normalized spacial score (nSPS) is 11.9. The molecule has 9 rings (SSSR count). The van der Waals surface area contributed by atoms with E-state index in [2.05, 4.69) is 47.0 Å². The van der Waals surface area contributed by atoms with Crippen LogP contribution in [-0.2, 0) is 42.7 Å². The second-order valence-electron chi connectivity index (χ2n) is 17.4. The van der Waals surface area contributed by atoms with Crippen LogP contribution in [0.4, 0.5) is 0 Å². The molecule has 1 aliphatic rings. The van der Waals surface area contributed by atoms with Gasteiger partial charge in [0.05, 0.1) is 58.9 Å². The molecule has 0 radical (unpaired) electrons. The number of aromatic amines is 2. The zero-order chi connectivity index (χ0) is 57.5. The Morgan fingerprint density at radius 2 is 1.03 bits per heavy atom. The summed E-state index contributed by atoms with van der Waals surface area (Å²) in [5, 5.41) is 46.0. The van der Waals surface area contributed by atoms with Crippen LogP contribution >= 0.6 is 10.7 Å². The number of oxime groups is 2. The monoisotopic (exact) mass is 1140 g/mol. The molecule has 0 unspecified atom stereocenters. The summed E-state index contributed by atoms with van der Waals surface area (Å²) in [5.41, 5.74) is 12.3. The van der Waals surface area contributed by atoms with E-state index in [9.17, 15) is 16.8 Å². The molecular formula is C57H66ClN9O10S2. The number of halogens is 1. The van der Waals surface area contributed by atoms with Gasteiger partial charge in [0.25, 0.3) is 9.05 Å². The van der Waals surface area contributed by atoms with Crippen molar-refractivity contribution < 1.29 is 45.6 Å². The Kier molecular flexibility index (Phi) is 23.6. The van der Waals surface area contributed by atoms with Crippen LogP contribution in [0.25, 0.3) is 33.8 Å². The van der Waals surface area contributed by atoms with Gasteiger partial charge in [-0.05, 0) is 134 Å². The van der Waals surface area contributed by atoms with Gasteiger partial charge in [-0.3, -0.25) is 14.5 Å². The lowest BCUT2D eigenvalue weighted by Crippen LogP contribution is -2.06. The third-order valence-corrected chi connectivity index (χ3v) is 13.6. The van der Waals surface area contributed by atoms with E-state index in [-0.39, 0.29) is 9.79 Å². The molecule has 4 N–H and O–H groups in total. The van der Waals surface area contributed by atoms with Crippen LogP contribution in [-0.4, -0.2) is 101 Å². The van der Waals surface area contributed by atoms with Gasteiger partial charge in [-0.1, -0.05) is 82.1 Å². The zero-order valence-electron chi connectivity index (χ0n) is 45.5. The van der Waals surface area contributed by atoms with E-state index in [0.29, 0.717) is 44.1 Å². The van der Waals surface area contributed by atoms with E-state index < -0.39 is 19.2 Å². The minimum absolute atomic E-state index is 0.0657. The fourth-order valence-electron chi connectivity index (χ4n) is 7.45. The van der Waals surface area contributed by atoms with Gasteiger partial charge < -0.3 is 24.5 Å². The first-order valence-electron chi connectivity index (χ1n) is 25.0. The van der Waals surface area contributed by atoms with Crippen molar-refractivity contribution in [2.75, 3.05) is 26.9 Å². The van der Waals surface area contributed by atoms with Gasteiger partial charge in [0, 0.05) is 70.8 Å². The third-order valence-electron chi connectivity index (χ3n) is 11.1. The summed E-state index contributed by atoms with van der Waals surface area (Å²) < 4.78 is 67.6. The highest BCUT2D eigenvalue weighted by atomic mass is 35.7. The van der Waals surface area contributed by atoms with Crippen molar-refractivity contribution in [3.63, 3.8) is 0 Å². The van der Waals surface area contributed by atoms with Gasteiger partial charge in [0.15, 0.2) is 0 Å². The van der Waals surface area contributed by atoms with Gasteiger partial charge in [0.2, 0.25) is 0 Å². The molecule has 4 heterocycles. The number of rotatable bonds is 17. The molecule has 1 aliphatic heterocycles. The van der Waals surface area contributed by atoms with E-state index >= 15 is 0 Å². The molecule has 0 bridgehead atoms. The van der Waals surface area contributed by atoms with E-state index in [1.54, 1.807) is 42.9 Å². The van der Waals surface area contributed by atoms with Crippen molar-refractivity contribution >= 4 is 47.0 Å². The second kappa shape index (κ2) is 30.1. The third kappa shape index (κ3) is 18.5. The molecule has 8 aromatic rings. The molecule has 0 atom stereocenters. The minimum Gasteiger partial charge on any atom is -0.493 e. The number of aromatic nitrogens is 6. The van der Waals surface area contributed by atoms with E-state index in [4.69, 9.17) is 39.5 Å². The molecule has 418 valence electrons. The maximum Gasteiger partial charge on any atom is 0.358 e. The second-order valence-corrected chi connectivity index (χ2v) is 21.5. The quantitative estimate of drug-likeness (QED) is 0.0287. The van der Waals surface area contributed by atoms with E-state index in [1.165, 1.54) is 24.3 Å². The van der Waals surface area contributed by atoms with Crippen molar-refractivity contribution in [2.24, 2.45) is 15.4 Å². The van der Waals surface area contributed by atoms with Crippen LogP contribution in [0.15, 0.2) is 165 Å². The largest absolute Gasteiger partial charge is 0.493 e. The van der Waals surface area contributed by atoms with Crippen LogP contribution < -0.4 is 14.2 Å². The highest BCUT2D eigenvalue weighted by Crippen LogP contribution is 2.32. The van der Waals surface area contributed by atoms with Crippen LogP contribution in [0.3, 0.4) is 0 Å². The zero-order valence-corrected chi connectivity index (χ0v) is 47.9. The number of ether oxygens (including phenoxy) is 3. The first-order valence-corrected chi connectivity index (χ1v) is 28.7. The summed E-state index contributed by atoms with van der Waals surface area (Å²) in [4.78, 5) is 1.92. The lowest BCUT2D eigenvalue weighted by atomic mass is 10.1. The topological polar surface area (TPSA) is 258 Å². The maximum atomic E-state index is 12.2. The molecule has 5 aromatic carbocycles. The molecule has 0 saturated heterocycles. The van der Waals surface area contributed by atoms with Crippen LogP contribution in [0.1, 0.15) is 69.8 Å². The number of para-hydroxylation sites is 3. The Labute approximate surface area is 466 Å². The predicted octanol–water partition coefficient (Wildman–Crippen LogP) is 11.2. The Hall–Kier alpha value is -8.11. The average molecular weight is 1140 g/mol. The summed E-state index contributed by atoms with van der Waals surface area (Å²) in [7, 11) is -1.41. The SMILES string of the molecule is CCOc1ccccc1-c1cc(CC(C)=NO)[nH]n1.CCOc1ccccc1-c1cc(CC(C)=NOS(=O)(=O)c2ccc(C)cc2)[nH]n1.CCOc1ccccc1-c1cc2n(n1)N=C(C)C2.CO.Cc1ccc(S(=O)(=O)Cl)cc1. The number of benzene rings is 5. The number of aliphatic hydroxyl groups is 1. The summed E-state index contributed by atoms with van der Waals surface area (Å²) in [6.45, 7) is 16.9.